The van der Waals surface area contributed by atoms with Crippen LogP contribution < -0.4 is 10.6 Å². The lowest BCUT2D eigenvalue weighted by Crippen LogP contribution is -2.17. The average molecular weight is 290 g/mol. The minimum absolute atomic E-state index is 0.859. The van der Waals surface area contributed by atoms with Gasteiger partial charge in [0.05, 0.1) is 0 Å². The van der Waals surface area contributed by atoms with E-state index in [1.165, 1.54) is 43.2 Å². The number of benzene rings is 1. The maximum atomic E-state index is 3.60. The smallest absolute Gasteiger partial charge is 0.0208 e. The Hall–Kier alpha value is -0.860. The first-order chi connectivity index (χ1) is 10.2. The van der Waals surface area contributed by atoms with Gasteiger partial charge in [0.25, 0.3) is 0 Å². The van der Waals surface area contributed by atoms with E-state index in [9.17, 15) is 0 Å². The third kappa shape index (κ3) is 8.90. The second-order valence-electron chi connectivity index (χ2n) is 6.40. The van der Waals surface area contributed by atoms with Crippen LogP contribution in [0.3, 0.4) is 0 Å². The second kappa shape index (κ2) is 11.8. The Morgan fingerprint density at radius 2 is 1.62 bits per heavy atom. The quantitative estimate of drug-likeness (QED) is 0.565. The van der Waals surface area contributed by atoms with Gasteiger partial charge in [-0.2, -0.15) is 0 Å². The summed E-state index contributed by atoms with van der Waals surface area (Å²) < 4.78 is 0. The van der Waals surface area contributed by atoms with Crippen LogP contribution in [0.5, 0.6) is 0 Å². The van der Waals surface area contributed by atoms with E-state index in [-0.39, 0.29) is 0 Å². The van der Waals surface area contributed by atoms with Gasteiger partial charge < -0.3 is 10.6 Å². The Balaban J connectivity index is 2.12. The van der Waals surface area contributed by atoms with Crippen molar-refractivity contribution in [2.75, 3.05) is 20.1 Å². The van der Waals surface area contributed by atoms with Crippen molar-refractivity contribution in [2.45, 2.75) is 58.9 Å². The van der Waals surface area contributed by atoms with Crippen molar-refractivity contribution in [3.05, 3.63) is 35.4 Å². The SMILES string of the molecule is CNCCc1ccccc1CNCCCCCCC(C)C. The van der Waals surface area contributed by atoms with Crippen molar-refractivity contribution < 1.29 is 0 Å². The molecule has 0 aromatic heterocycles. The molecule has 2 nitrogen and oxygen atoms in total. The summed E-state index contributed by atoms with van der Waals surface area (Å²) in [4.78, 5) is 0. The number of unbranched alkanes of at least 4 members (excludes halogenated alkanes) is 3. The van der Waals surface area contributed by atoms with Crippen molar-refractivity contribution in [2.24, 2.45) is 5.92 Å². The molecule has 0 fully saturated rings. The van der Waals surface area contributed by atoms with Crippen LogP contribution >= 0.6 is 0 Å². The fourth-order valence-corrected chi connectivity index (χ4v) is 2.61. The van der Waals surface area contributed by atoms with Crippen molar-refractivity contribution in [1.82, 2.24) is 10.6 Å². The van der Waals surface area contributed by atoms with Gasteiger partial charge in [-0.15, -0.1) is 0 Å². The molecule has 0 aliphatic rings. The topological polar surface area (TPSA) is 24.1 Å². The van der Waals surface area contributed by atoms with Gasteiger partial charge in [0.2, 0.25) is 0 Å². The zero-order valence-electron chi connectivity index (χ0n) is 14.3. The zero-order valence-corrected chi connectivity index (χ0v) is 14.3. The van der Waals surface area contributed by atoms with Crippen molar-refractivity contribution in [3.8, 4) is 0 Å². The number of nitrogens with one attached hydrogen (secondary N) is 2. The first-order valence-corrected chi connectivity index (χ1v) is 8.66. The van der Waals surface area contributed by atoms with Crippen LogP contribution in [0.15, 0.2) is 24.3 Å². The van der Waals surface area contributed by atoms with Crippen LogP contribution in [-0.4, -0.2) is 20.1 Å². The molecule has 0 aliphatic heterocycles. The van der Waals surface area contributed by atoms with Crippen LogP contribution in [-0.2, 0) is 13.0 Å². The van der Waals surface area contributed by atoms with Gasteiger partial charge in [0.15, 0.2) is 0 Å². The van der Waals surface area contributed by atoms with Gasteiger partial charge in [-0.05, 0) is 50.0 Å². The highest BCUT2D eigenvalue weighted by atomic mass is 14.8. The molecule has 0 heterocycles. The summed E-state index contributed by atoms with van der Waals surface area (Å²) in [6.45, 7) is 7.82. The fourth-order valence-electron chi connectivity index (χ4n) is 2.61. The van der Waals surface area contributed by atoms with Gasteiger partial charge in [0.1, 0.15) is 0 Å². The van der Waals surface area contributed by atoms with Crippen LogP contribution in [0, 0.1) is 5.92 Å². The lowest BCUT2D eigenvalue weighted by atomic mass is 10.0. The monoisotopic (exact) mass is 290 g/mol. The number of hydrogen-bond donors (Lipinski definition) is 2. The van der Waals surface area contributed by atoms with Gasteiger partial charge >= 0.3 is 0 Å². The molecule has 0 aliphatic carbocycles. The Labute approximate surface area is 131 Å². The molecule has 1 aromatic carbocycles. The number of likely N-dealkylation sites (N-methyl/N-ethyl adjacent to an activating group) is 1. The van der Waals surface area contributed by atoms with Crippen molar-refractivity contribution in [1.29, 1.82) is 0 Å². The maximum Gasteiger partial charge on any atom is 0.0208 e. The predicted molar refractivity (Wildman–Crippen MR) is 93.7 cm³/mol. The number of rotatable bonds is 12. The van der Waals surface area contributed by atoms with E-state index in [0.717, 1.165) is 32.0 Å². The lowest BCUT2D eigenvalue weighted by Gasteiger charge is -2.10. The molecule has 0 saturated carbocycles. The number of hydrogen-bond acceptors (Lipinski definition) is 2. The Kier molecular flexibility index (Phi) is 10.2. The summed E-state index contributed by atoms with van der Waals surface area (Å²) in [5.74, 6) is 0.859. The summed E-state index contributed by atoms with van der Waals surface area (Å²) in [5, 5.41) is 6.82. The fraction of sp³-hybridized carbons (Fsp3) is 0.684. The molecule has 2 N–H and O–H groups in total. The largest absolute Gasteiger partial charge is 0.319 e. The van der Waals surface area contributed by atoms with Crippen LogP contribution in [0.2, 0.25) is 0 Å². The molecule has 0 spiro atoms. The lowest BCUT2D eigenvalue weighted by molar-refractivity contribution is 0.512. The minimum atomic E-state index is 0.859. The van der Waals surface area contributed by atoms with Crippen LogP contribution in [0.1, 0.15) is 57.1 Å². The minimum Gasteiger partial charge on any atom is -0.319 e. The van der Waals surface area contributed by atoms with E-state index in [2.05, 4.69) is 48.7 Å². The highest BCUT2D eigenvalue weighted by Crippen LogP contribution is 2.10. The summed E-state index contributed by atoms with van der Waals surface area (Å²) in [6, 6.07) is 8.79. The molecular weight excluding hydrogens is 256 g/mol. The molecular formula is C19H34N2. The van der Waals surface area contributed by atoms with Crippen LogP contribution in [0.4, 0.5) is 0 Å². The molecule has 0 radical (unpaired) electrons. The van der Waals surface area contributed by atoms with Crippen molar-refractivity contribution in [3.63, 3.8) is 0 Å². The highest BCUT2D eigenvalue weighted by Gasteiger charge is 2.01. The standard InChI is InChI=1S/C19H34N2/c1-17(2)10-6-4-5-9-14-21-16-19-12-8-7-11-18(19)13-15-20-3/h7-8,11-12,17,20-21H,4-6,9-10,13-16H2,1-3H3. The van der Waals surface area contributed by atoms with E-state index >= 15 is 0 Å². The molecule has 0 bridgehead atoms. The molecule has 2 heteroatoms. The van der Waals surface area contributed by atoms with E-state index in [4.69, 9.17) is 0 Å². The van der Waals surface area contributed by atoms with Gasteiger partial charge in [-0.25, -0.2) is 0 Å². The van der Waals surface area contributed by atoms with Gasteiger partial charge in [-0.3, -0.25) is 0 Å². The molecule has 0 atom stereocenters. The van der Waals surface area contributed by atoms with E-state index in [1.54, 1.807) is 0 Å². The maximum absolute atomic E-state index is 3.60. The zero-order chi connectivity index (χ0) is 15.3. The summed E-state index contributed by atoms with van der Waals surface area (Å²) >= 11 is 0. The second-order valence-corrected chi connectivity index (χ2v) is 6.40. The Morgan fingerprint density at radius 3 is 2.33 bits per heavy atom. The first-order valence-electron chi connectivity index (χ1n) is 8.66. The molecule has 0 amide bonds. The Bertz CT molecular complexity index is 360. The normalized spacial score (nSPS) is 11.2. The molecule has 21 heavy (non-hydrogen) atoms. The summed E-state index contributed by atoms with van der Waals surface area (Å²) in [6.07, 6.45) is 7.94. The third-order valence-electron chi connectivity index (χ3n) is 3.96. The molecule has 1 aromatic rings. The molecule has 1 rings (SSSR count). The third-order valence-corrected chi connectivity index (χ3v) is 3.96. The van der Waals surface area contributed by atoms with E-state index in [0.29, 0.717) is 0 Å². The molecule has 120 valence electrons. The van der Waals surface area contributed by atoms with E-state index in [1.807, 2.05) is 7.05 Å². The molecule has 0 unspecified atom stereocenters. The molecule has 0 saturated heterocycles. The summed E-state index contributed by atoms with van der Waals surface area (Å²) in [5.41, 5.74) is 2.92. The predicted octanol–water partition coefficient (Wildman–Crippen LogP) is 4.14. The first kappa shape index (κ1) is 18.2. The van der Waals surface area contributed by atoms with Crippen molar-refractivity contribution >= 4 is 0 Å². The average Bonchev–Trinajstić information content (AvgIpc) is 2.48. The van der Waals surface area contributed by atoms with Crippen LogP contribution in [0.25, 0.3) is 0 Å². The summed E-state index contributed by atoms with van der Waals surface area (Å²) in [7, 11) is 2.01. The van der Waals surface area contributed by atoms with E-state index < -0.39 is 0 Å². The van der Waals surface area contributed by atoms with Gasteiger partial charge in [0, 0.05) is 6.54 Å². The highest BCUT2D eigenvalue weighted by molar-refractivity contribution is 5.27. The Morgan fingerprint density at radius 1 is 0.905 bits per heavy atom. The van der Waals surface area contributed by atoms with Gasteiger partial charge in [-0.1, -0.05) is 63.8 Å².